The summed E-state index contributed by atoms with van der Waals surface area (Å²) in [5.41, 5.74) is 0. The average molecular weight is 284 g/mol. The molecule has 0 aromatic heterocycles. The molecule has 1 N–H and O–H groups in total. The van der Waals surface area contributed by atoms with Crippen LogP contribution < -0.4 is 5.32 Å². The summed E-state index contributed by atoms with van der Waals surface area (Å²) in [6, 6.07) is -0.0299. The van der Waals surface area contributed by atoms with Crippen LogP contribution in [0.1, 0.15) is 58.3 Å². The van der Waals surface area contributed by atoms with Crippen molar-refractivity contribution in [2.75, 3.05) is 33.3 Å². The van der Waals surface area contributed by atoms with Crippen molar-refractivity contribution in [1.82, 2.24) is 10.2 Å². The lowest BCUT2D eigenvalue weighted by atomic mass is 10.0. The summed E-state index contributed by atoms with van der Waals surface area (Å²) in [5.74, 6) is -0.0575. The third kappa shape index (κ3) is 6.71. The number of piperazine rings is 1. The second-order valence-electron chi connectivity index (χ2n) is 5.73. The van der Waals surface area contributed by atoms with Crippen molar-refractivity contribution in [3.8, 4) is 0 Å². The molecule has 1 fully saturated rings. The van der Waals surface area contributed by atoms with Gasteiger partial charge in [-0.3, -0.25) is 9.69 Å². The van der Waals surface area contributed by atoms with Crippen LogP contribution in [-0.2, 0) is 9.53 Å². The van der Waals surface area contributed by atoms with Crippen molar-refractivity contribution in [1.29, 1.82) is 0 Å². The number of methoxy groups -OCH3 is 1. The molecule has 0 aliphatic carbocycles. The van der Waals surface area contributed by atoms with E-state index in [1.807, 2.05) is 0 Å². The predicted octanol–water partition coefficient (Wildman–Crippen LogP) is 2.57. The van der Waals surface area contributed by atoms with E-state index in [2.05, 4.69) is 17.1 Å². The zero-order chi connectivity index (χ0) is 14.6. The van der Waals surface area contributed by atoms with Gasteiger partial charge in [0.2, 0.25) is 0 Å². The zero-order valence-corrected chi connectivity index (χ0v) is 13.3. The summed E-state index contributed by atoms with van der Waals surface area (Å²) < 4.78 is 4.97. The van der Waals surface area contributed by atoms with Crippen LogP contribution in [0.25, 0.3) is 0 Å². The molecule has 0 saturated carbocycles. The van der Waals surface area contributed by atoms with Gasteiger partial charge < -0.3 is 10.1 Å². The number of hydrogen-bond donors (Lipinski definition) is 1. The maximum atomic E-state index is 11.9. The molecule has 20 heavy (non-hydrogen) atoms. The summed E-state index contributed by atoms with van der Waals surface area (Å²) in [6.07, 6.45) is 9.97. The minimum atomic E-state index is -0.0575. The Morgan fingerprint density at radius 2 is 1.70 bits per heavy atom. The zero-order valence-electron chi connectivity index (χ0n) is 13.3. The highest BCUT2D eigenvalue weighted by Crippen LogP contribution is 2.14. The van der Waals surface area contributed by atoms with Gasteiger partial charge in [-0.2, -0.15) is 0 Å². The molecule has 1 unspecified atom stereocenters. The molecule has 118 valence electrons. The molecule has 0 aromatic carbocycles. The van der Waals surface area contributed by atoms with Crippen LogP contribution in [0.2, 0.25) is 0 Å². The average Bonchev–Trinajstić information content (AvgIpc) is 2.50. The van der Waals surface area contributed by atoms with Crippen LogP contribution in [-0.4, -0.2) is 50.2 Å². The Labute approximate surface area is 124 Å². The molecule has 1 atom stereocenters. The Bertz CT molecular complexity index is 253. The van der Waals surface area contributed by atoms with E-state index in [1.165, 1.54) is 45.6 Å². The van der Waals surface area contributed by atoms with Crippen molar-refractivity contribution in [2.45, 2.75) is 64.3 Å². The number of unbranched alkanes of at least 4 members (excludes halogenated alkanes) is 6. The van der Waals surface area contributed by atoms with Gasteiger partial charge in [-0.1, -0.05) is 51.9 Å². The van der Waals surface area contributed by atoms with Crippen LogP contribution >= 0.6 is 0 Å². The van der Waals surface area contributed by atoms with Gasteiger partial charge in [0.1, 0.15) is 6.04 Å². The standard InChI is InChI=1S/C16H32N2O2/c1-3-4-5-6-7-8-9-10-15(16(19)20-2)18-13-11-17-12-14-18/h15,17H,3-14H2,1-2H3. The molecule has 4 nitrogen and oxygen atoms in total. The molecule has 0 bridgehead atoms. The van der Waals surface area contributed by atoms with Gasteiger partial charge >= 0.3 is 5.97 Å². The van der Waals surface area contributed by atoms with E-state index in [0.29, 0.717) is 0 Å². The first-order valence-corrected chi connectivity index (χ1v) is 8.32. The van der Waals surface area contributed by atoms with E-state index in [0.717, 1.165) is 39.0 Å². The fourth-order valence-corrected chi connectivity index (χ4v) is 2.87. The van der Waals surface area contributed by atoms with Gasteiger partial charge in [0.25, 0.3) is 0 Å². The van der Waals surface area contributed by atoms with Gasteiger partial charge in [0.15, 0.2) is 0 Å². The van der Waals surface area contributed by atoms with Crippen molar-refractivity contribution >= 4 is 5.97 Å². The van der Waals surface area contributed by atoms with Gasteiger partial charge in [-0.05, 0) is 6.42 Å². The second-order valence-corrected chi connectivity index (χ2v) is 5.73. The van der Waals surface area contributed by atoms with Crippen molar-refractivity contribution in [3.05, 3.63) is 0 Å². The molecule has 1 aliphatic rings. The lowest BCUT2D eigenvalue weighted by molar-refractivity contribution is -0.147. The van der Waals surface area contributed by atoms with E-state index in [1.54, 1.807) is 0 Å². The molecule has 0 amide bonds. The largest absolute Gasteiger partial charge is 0.468 e. The summed E-state index contributed by atoms with van der Waals surface area (Å²) in [4.78, 5) is 14.2. The van der Waals surface area contributed by atoms with Crippen molar-refractivity contribution in [3.63, 3.8) is 0 Å². The quantitative estimate of drug-likeness (QED) is 0.494. The Balaban J connectivity index is 2.21. The molecule has 0 aromatic rings. The second kappa shape index (κ2) is 11.1. The van der Waals surface area contributed by atoms with Crippen molar-refractivity contribution in [2.24, 2.45) is 0 Å². The Hall–Kier alpha value is -0.610. The van der Waals surface area contributed by atoms with Crippen LogP contribution in [0.4, 0.5) is 0 Å². The first-order valence-electron chi connectivity index (χ1n) is 8.32. The first kappa shape index (κ1) is 17.4. The number of carbonyl (C=O) groups excluding carboxylic acids is 1. The first-order chi connectivity index (χ1) is 9.79. The third-order valence-corrected chi connectivity index (χ3v) is 4.15. The molecule has 4 heteroatoms. The highest BCUT2D eigenvalue weighted by atomic mass is 16.5. The molecule has 1 rings (SSSR count). The Kier molecular flexibility index (Phi) is 9.67. The fraction of sp³-hybridized carbons (Fsp3) is 0.938. The fourth-order valence-electron chi connectivity index (χ4n) is 2.87. The number of nitrogens with zero attached hydrogens (tertiary/aromatic N) is 1. The lowest BCUT2D eigenvalue weighted by Gasteiger charge is -2.33. The highest BCUT2D eigenvalue weighted by Gasteiger charge is 2.27. The normalized spacial score (nSPS) is 17.9. The molecule has 1 aliphatic heterocycles. The minimum Gasteiger partial charge on any atom is -0.468 e. The summed E-state index contributed by atoms with van der Waals surface area (Å²) in [5, 5.41) is 3.33. The molecule has 1 heterocycles. The smallest absolute Gasteiger partial charge is 0.323 e. The number of ether oxygens (including phenoxy) is 1. The topological polar surface area (TPSA) is 41.6 Å². The number of nitrogens with one attached hydrogen (secondary N) is 1. The predicted molar refractivity (Wildman–Crippen MR) is 82.9 cm³/mol. The van der Waals surface area contributed by atoms with E-state index in [9.17, 15) is 4.79 Å². The van der Waals surface area contributed by atoms with Crippen LogP contribution in [0.5, 0.6) is 0 Å². The molecular weight excluding hydrogens is 252 g/mol. The molecular formula is C16H32N2O2. The third-order valence-electron chi connectivity index (χ3n) is 4.15. The van der Waals surface area contributed by atoms with Crippen LogP contribution in [0, 0.1) is 0 Å². The number of rotatable bonds is 10. The summed E-state index contributed by atoms with van der Waals surface area (Å²) >= 11 is 0. The van der Waals surface area contributed by atoms with Gasteiger partial charge in [0, 0.05) is 26.2 Å². The van der Waals surface area contributed by atoms with Gasteiger partial charge in [-0.25, -0.2) is 0 Å². The van der Waals surface area contributed by atoms with E-state index >= 15 is 0 Å². The molecule has 0 radical (unpaired) electrons. The van der Waals surface area contributed by atoms with E-state index in [-0.39, 0.29) is 12.0 Å². The summed E-state index contributed by atoms with van der Waals surface area (Å²) in [6.45, 7) is 6.11. The van der Waals surface area contributed by atoms with Gasteiger partial charge in [0.05, 0.1) is 7.11 Å². The summed E-state index contributed by atoms with van der Waals surface area (Å²) in [7, 11) is 1.50. The maximum Gasteiger partial charge on any atom is 0.323 e. The Morgan fingerprint density at radius 3 is 2.30 bits per heavy atom. The minimum absolute atomic E-state index is 0.0299. The SMILES string of the molecule is CCCCCCCCCC(C(=O)OC)N1CCNCC1. The molecule has 0 spiro atoms. The number of hydrogen-bond acceptors (Lipinski definition) is 4. The number of carbonyl (C=O) groups is 1. The lowest BCUT2D eigenvalue weighted by Crippen LogP contribution is -2.51. The van der Waals surface area contributed by atoms with E-state index in [4.69, 9.17) is 4.74 Å². The number of esters is 1. The Morgan fingerprint density at radius 1 is 1.10 bits per heavy atom. The van der Waals surface area contributed by atoms with Crippen molar-refractivity contribution < 1.29 is 9.53 Å². The van der Waals surface area contributed by atoms with Crippen LogP contribution in [0.3, 0.4) is 0 Å². The highest BCUT2D eigenvalue weighted by molar-refractivity contribution is 5.75. The maximum absolute atomic E-state index is 11.9. The monoisotopic (exact) mass is 284 g/mol. The molecule has 1 saturated heterocycles. The van der Waals surface area contributed by atoms with Crippen LogP contribution in [0.15, 0.2) is 0 Å². The van der Waals surface area contributed by atoms with E-state index < -0.39 is 0 Å². The van der Waals surface area contributed by atoms with Gasteiger partial charge in [-0.15, -0.1) is 0 Å².